The number of carbonyl (C=O) groups is 1. The minimum absolute atomic E-state index is 0.273. The fraction of sp³-hybridized carbons (Fsp3) is 0.906. The molecule has 0 aromatic rings. The monoisotopic (exact) mass is 511 g/mol. The summed E-state index contributed by atoms with van der Waals surface area (Å²) in [6.07, 6.45) is 25.3. The van der Waals surface area contributed by atoms with Gasteiger partial charge in [-0.1, -0.05) is 90.6 Å². The molecule has 0 saturated carbocycles. The predicted molar refractivity (Wildman–Crippen MR) is 158 cm³/mol. The summed E-state index contributed by atoms with van der Waals surface area (Å²) in [7, 11) is 9.28. The molecule has 0 spiro atoms. The van der Waals surface area contributed by atoms with Gasteiger partial charge >= 0.3 is 5.97 Å². The van der Waals surface area contributed by atoms with Crippen molar-refractivity contribution in [3.63, 3.8) is 0 Å². The second kappa shape index (κ2) is 22.1. The summed E-state index contributed by atoms with van der Waals surface area (Å²) in [6, 6.07) is 0. The van der Waals surface area contributed by atoms with Crippen molar-refractivity contribution in [2.75, 3.05) is 61.0 Å². The van der Waals surface area contributed by atoms with Crippen molar-refractivity contribution in [2.45, 2.75) is 129 Å². The van der Waals surface area contributed by atoms with Gasteiger partial charge in [0.1, 0.15) is 13.2 Å². The molecule has 0 rings (SSSR count). The fourth-order valence-corrected chi connectivity index (χ4v) is 4.90. The zero-order chi connectivity index (χ0) is 27.1. The van der Waals surface area contributed by atoms with Crippen molar-refractivity contribution in [2.24, 2.45) is 0 Å². The maximum atomic E-state index is 11.5. The molecule has 0 amide bonds. The van der Waals surface area contributed by atoms with E-state index in [9.17, 15) is 4.79 Å². The predicted octanol–water partition coefficient (Wildman–Crippen LogP) is 8.30. The molecule has 0 unspecified atom stereocenters. The van der Waals surface area contributed by atoms with Gasteiger partial charge in [0.15, 0.2) is 0 Å². The molecule has 0 aromatic heterocycles. The van der Waals surface area contributed by atoms with E-state index in [-0.39, 0.29) is 5.97 Å². The number of carbonyl (C=O) groups excluding carboxylic acids is 1. The minimum atomic E-state index is -0.273. The Morgan fingerprint density at radius 1 is 0.556 bits per heavy atom. The van der Waals surface area contributed by atoms with E-state index in [1.165, 1.54) is 133 Å². The van der Waals surface area contributed by atoms with Crippen LogP contribution in [0.3, 0.4) is 0 Å². The minimum Gasteiger partial charge on any atom is -0.456 e. The number of quaternary nitrogens is 2. The molecular weight excluding hydrogens is 444 g/mol. The lowest BCUT2D eigenvalue weighted by molar-refractivity contribution is -0.891. The van der Waals surface area contributed by atoms with E-state index in [4.69, 9.17) is 4.74 Å². The van der Waals surface area contributed by atoms with Gasteiger partial charge in [0.2, 0.25) is 0 Å². The quantitative estimate of drug-likeness (QED) is 0.0506. The molecule has 0 atom stereocenters. The van der Waals surface area contributed by atoms with Gasteiger partial charge in [-0.05, 0) is 45.4 Å². The normalized spacial score (nSPS) is 12.2. The van der Waals surface area contributed by atoms with E-state index in [0.29, 0.717) is 12.2 Å². The van der Waals surface area contributed by atoms with Crippen LogP contribution in [0.2, 0.25) is 0 Å². The molecule has 0 fully saturated rings. The van der Waals surface area contributed by atoms with Gasteiger partial charge < -0.3 is 13.7 Å². The summed E-state index contributed by atoms with van der Waals surface area (Å²) < 4.78 is 7.34. The number of esters is 1. The van der Waals surface area contributed by atoms with Crippen molar-refractivity contribution in [1.82, 2.24) is 0 Å². The molecule has 0 radical (unpaired) electrons. The zero-order valence-electron chi connectivity index (χ0n) is 25.7. The van der Waals surface area contributed by atoms with E-state index in [1.54, 1.807) is 6.92 Å². The van der Waals surface area contributed by atoms with Crippen LogP contribution in [0.25, 0.3) is 0 Å². The number of nitrogens with zero attached hydrogens (tertiary/aromatic N) is 2. The lowest BCUT2D eigenvalue weighted by Crippen LogP contribution is -2.43. The first kappa shape index (κ1) is 35.1. The van der Waals surface area contributed by atoms with Crippen molar-refractivity contribution in [3.05, 3.63) is 12.2 Å². The number of ether oxygens (including phenoxy) is 1. The van der Waals surface area contributed by atoms with Gasteiger partial charge in [-0.25, -0.2) is 4.79 Å². The maximum absolute atomic E-state index is 11.5. The number of rotatable bonds is 26. The van der Waals surface area contributed by atoms with Crippen molar-refractivity contribution >= 4 is 5.97 Å². The third-order valence-corrected chi connectivity index (χ3v) is 7.67. The summed E-state index contributed by atoms with van der Waals surface area (Å²) in [5.74, 6) is -0.273. The van der Waals surface area contributed by atoms with Crippen LogP contribution < -0.4 is 0 Å². The molecular formula is C32H66N2O2+2. The standard InChI is InChI=1S/C32H66N2O2/c1-8-9-10-11-12-13-14-15-16-17-18-19-20-23-26-33(4,5)27-24-21-22-25-28-34(6,7)29-30-36-32(35)31(2)3/h2,8-30H2,1,3-7H3/q+2. The van der Waals surface area contributed by atoms with Crippen molar-refractivity contribution < 1.29 is 18.5 Å². The molecule has 4 nitrogen and oxygen atoms in total. The lowest BCUT2D eigenvalue weighted by Gasteiger charge is -2.30. The molecule has 0 N–H and O–H groups in total. The van der Waals surface area contributed by atoms with E-state index in [0.717, 1.165) is 17.6 Å². The summed E-state index contributed by atoms with van der Waals surface area (Å²) in [5, 5.41) is 0. The summed E-state index contributed by atoms with van der Waals surface area (Å²) in [6.45, 7) is 12.7. The Bertz CT molecular complexity index is 542. The molecule has 214 valence electrons. The van der Waals surface area contributed by atoms with Gasteiger partial charge in [-0.3, -0.25) is 0 Å². The first-order chi connectivity index (χ1) is 17.1. The topological polar surface area (TPSA) is 26.3 Å². The van der Waals surface area contributed by atoms with E-state index in [1.807, 2.05) is 0 Å². The number of likely N-dealkylation sites (N-methyl/N-ethyl adjacent to an activating group) is 1. The van der Waals surface area contributed by atoms with Crippen molar-refractivity contribution in [3.8, 4) is 0 Å². The molecule has 0 aliphatic carbocycles. The molecule has 36 heavy (non-hydrogen) atoms. The molecule has 0 bridgehead atoms. The molecule has 0 aliphatic heterocycles. The van der Waals surface area contributed by atoms with Gasteiger partial charge in [-0.2, -0.15) is 0 Å². The van der Waals surface area contributed by atoms with Crippen LogP contribution in [0.5, 0.6) is 0 Å². The van der Waals surface area contributed by atoms with Crippen LogP contribution in [-0.4, -0.2) is 75.9 Å². The van der Waals surface area contributed by atoms with Gasteiger partial charge in [0.05, 0.1) is 47.8 Å². The van der Waals surface area contributed by atoms with E-state index < -0.39 is 0 Å². The molecule has 0 heterocycles. The van der Waals surface area contributed by atoms with Gasteiger partial charge in [0.25, 0.3) is 0 Å². The van der Waals surface area contributed by atoms with Crippen LogP contribution in [-0.2, 0) is 9.53 Å². The highest BCUT2D eigenvalue weighted by atomic mass is 16.5. The highest BCUT2D eigenvalue weighted by Gasteiger charge is 2.17. The van der Waals surface area contributed by atoms with Crippen LogP contribution in [0.15, 0.2) is 12.2 Å². The number of hydrogen-bond donors (Lipinski definition) is 0. The number of hydrogen-bond acceptors (Lipinski definition) is 2. The third-order valence-electron chi connectivity index (χ3n) is 7.67. The van der Waals surface area contributed by atoms with E-state index >= 15 is 0 Å². The first-order valence-corrected chi connectivity index (χ1v) is 15.6. The average Bonchev–Trinajstić information content (AvgIpc) is 2.81. The van der Waals surface area contributed by atoms with E-state index in [2.05, 4.69) is 41.7 Å². The second-order valence-electron chi connectivity index (χ2n) is 12.7. The number of unbranched alkanes of at least 4 members (excludes halogenated alkanes) is 16. The van der Waals surface area contributed by atoms with Crippen LogP contribution in [0, 0.1) is 0 Å². The largest absolute Gasteiger partial charge is 0.456 e. The Balaban J connectivity index is 3.56. The zero-order valence-corrected chi connectivity index (χ0v) is 25.7. The third kappa shape index (κ3) is 23.5. The SMILES string of the molecule is C=C(C)C(=O)OCC[N+](C)(C)CCCCCC[N+](C)(C)CCCCCCCCCCCCCCCC. The summed E-state index contributed by atoms with van der Waals surface area (Å²) in [4.78, 5) is 11.5. The summed E-state index contributed by atoms with van der Waals surface area (Å²) in [5.41, 5.74) is 0.478. The van der Waals surface area contributed by atoms with Crippen LogP contribution in [0.1, 0.15) is 129 Å². The summed E-state index contributed by atoms with van der Waals surface area (Å²) >= 11 is 0. The molecule has 0 aliphatic rings. The average molecular weight is 511 g/mol. The first-order valence-electron chi connectivity index (χ1n) is 15.6. The van der Waals surface area contributed by atoms with Gasteiger partial charge in [0, 0.05) is 5.57 Å². The maximum Gasteiger partial charge on any atom is 0.333 e. The Morgan fingerprint density at radius 2 is 0.861 bits per heavy atom. The Hall–Kier alpha value is -0.870. The molecule has 0 saturated heterocycles. The fourth-order valence-electron chi connectivity index (χ4n) is 4.90. The van der Waals surface area contributed by atoms with Crippen LogP contribution in [0.4, 0.5) is 0 Å². The Labute approximate surface area is 227 Å². The Morgan fingerprint density at radius 3 is 1.19 bits per heavy atom. The van der Waals surface area contributed by atoms with Gasteiger partial charge in [-0.15, -0.1) is 0 Å². The molecule has 0 aromatic carbocycles. The Kier molecular flexibility index (Phi) is 21.6. The van der Waals surface area contributed by atoms with Crippen LogP contribution >= 0.6 is 0 Å². The lowest BCUT2D eigenvalue weighted by atomic mass is 10.0. The van der Waals surface area contributed by atoms with Crippen molar-refractivity contribution in [1.29, 1.82) is 0 Å². The highest BCUT2D eigenvalue weighted by Crippen LogP contribution is 2.14. The molecule has 4 heteroatoms. The highest BCUT2D eigenvalue weighted by molar-refractivity contribution is 5.86. The smallest absolute Gasteiger partial charge is 0.333 e. The second-order valence-corrected chi connectivity index (χ2v) is 12.7.